The van der Waals surface area contributed by atoms with Crippen molar-refractivity contribution in [1.29, 1.82) is 0 Å². The molecule has 1 amide bonds. The summed E-state index contributed by atoms with van der Waals surface area (Å²) in [5, 5.41) is 1.83. The standard InChI is InChI=1S/C12H10Br2N2O2S/c13-8-2-1-3-9(14)10(8)18-6-7-4-5-19-11(7)12(17)16-15/h1-5H,6,15H2,(H,16,17). The summed E-state index contributed by atoms with van der Waals surface area (Å²) in [7, 11) is 0. The second-order valence-corrected chi connectivity index (χ2v) is 6.21. The van der Waals surface area contributed by atoms with Crippen molar-refractivity contribution in [3.8, 4) is 5.75 Å². The summed E-state index contributed by atoms with van der Waals surface area (Å²) < 4.78 is 7.44. The number of amides is 1. The number of nitrogen functional groups attached to an aromatic ring is 1. The number of nitrogens with one attached hydrogen (secondary N) is 1. The number of thiophene rings is 1. The van der Waals surface area contributed by atoms with E-state index in [9.17, 15) is 4.79 Å². The minimum absolute atomic E-state index is 0.299. The Morgan fingerprint density at radius 1 is 1.32 bits per heavy atom. The molecule has 0 bridgehead atoms. The van der Waals surface area contributed by atoms with Crippen molar-refractivity contribution in [2.75, 3.05) is 0 Å². The molecule has 0 atom stereocenters. The van der Waals surface area contributed by atoms with E-state index in [-0.39, 0.29) is 5.91 Å². The fraction of sp³-hybridized carbons (Fsp3) is 0.0833. The number of rotatable bonds is 4. The fourth-order valence-corrected chi connectivity index (χ4v) is 3.52. The molecular formula is C12H10Br2N2O2S. The molecule has 0 aliphatic rings. The quantitative estimate of drug-likeness (QED) is 0.465. The lowest BCUT2D eigenvalue weighted by Gasteiger charge is -2.10. The van der Waals surface area contributed by atoms with Crippen LogP contribution in [0.4, 0.5) is 0 Å². The summed E-state index contributed by atoms with van der Waals surface area (Å²) in [6, 6.07) is 7.53. The van der Waals surface area contributed by atoms with Gasteiger partial charge in [-0.1, -0.05) is 6.07 Å². The fourth-order valence-electron chi connectivity index (χ4n) is 1.48. The van der Waals surface area contributed by atoms with Crippen LogP contribution in [0.1, 0.15) is 15.2 Å². The van der Waals surface area contributed by atoms with Gasteiger partial charge < -0.3 is 4.74 Å². The zero-order valence-electron chi connectivity index (χ0n) is 9.65. The number of hydrazine groups is 1. The molecular weight excluding hydrogens is 396 g/mol. The number of hydrogen-bond donors (Lipinski definition) is 2. The Morgan fingerprint density at radius 3 is 2.63 bits per heavy atom. The van der Waals surface area contributed by atoms with Gasteiger partial charge in [0.05, 0.1) is 13.8 Å². The number of halogens is 2. The van der Waals surface area contributed by atoms with Crippen LogP contribution in [0.15, 0.2) is 38.6 Å². The van der Waals surface area contributed by atoms with Crippen LogP contribution in [0.2, 0.25) is 0 Å². The van der Waals surface area contributed by atoms with E-state index in [1.54, 1.807) is 0 Å². The third-order valence-electron chi connectivity index (χ3n) is 2.38. The van der Waals surface area contributed by atoms with Gasteiger partial charge in [0.15, 0.2) is 0 Å². The van der Waals surface area contributed by atoms with Crippen molar-refractivity contribution in [2.45, 2.75) is 6.61 Å². The lowest BCUT2D eigenvalue weighted by molar-refractivity contribution is 0.0955. The Hall–Kier alpha value is -0.890. The van der Waals surface area contributed by atoms with Gasteiger partial charge in [0.25, 0.3) is 5.91 Å². The van der Waals surface area contributed by atoms with E-state index >= 15 is 0 Å². The minimum Gasteiger partial charge on any atom is -0.486 e. The molecule has 1 heterocycles. The second kappa shape index (κ2) is 6.51. The maximum Gasteiger partial charge on any atom is 0.275 e. The van der Waals surface area contributed by atoms with Crippen LogP contribution in [0.3, 0.4) is 0 Å². The predicted octanol–water partition coefficient (Wildman–Crippen LogP) is 3.46. The van der Waals surface area contributed by atoms with Crippen molar-refractivity contribution in [3.05, 3.63) is 49.0 Å². The third kappa shape index (κ3) is 3.36. The Labute approximate surface area is 131 Å². The molecule has 7 heteroatoms. The first-order valence-electron chi connectivity index (χ1n) is 5.27. The van der Waals surface area contributed by atoms with Gasteiger partial charge in [0.2, 0.25) is 0 Å². The molecule has 0 aliphatic heterocycles. The number of ether oxygens (including phenoxy) is 1. The number of nitrogens with two attached hydrogens (primary N) is 1. The van der Waals surface area contributed by atoms with E-state index in [1.165, 1.54) is 11.3 Å². The summed E-state index contributed by atoms with van der Waals surface area (Å²) in [5.41, 5.74) is 2.93. The summed E-state index contributed by atoms with van der Waals surface area (Å²) in [6.45, 7) is 0.299. The van der Waals surface area contributed by atoms with Gasteiger partial charge in [0.1, 0.15) is 12.4 Å². The highest BCUT2D eigenvalue weighted by molar-refractivity contribution is 9.11. The first kappa shape index (κ1) is 14.5. The zero-order valence-corrected chi connectivity index (χ0v) is 13.6. The van der Waals surface area contributed by atoms with E-state index < -0.39 is 0 Å². The molecule has 1 aromatic carbocycles. The summed E-state index contributed by atoms with van der Waals surface area (Å²) in [6.07, 6.45) is 0. The lowest BCUT2D eigenvalue weighted by Crippen LogP contribution is -2.30. The second-order valence-electron chi connectivity index (χ2n) is 3.59. The summed E-state index contributed by atoms with van der Waals surface area (Å²) in [4.78, 5) is 12.1. The highest BCUT2D eigenvalue weighted by Gasteiger charge is 2.13. The zero-order chi connectivity index (χ0) is 13.8. The van der Waals surface area contributed by atoms with E-state index in [0.717, 1.165) is 14.5 Å². The van der Waals surface area contributed by atoms with Gasteiger partial charge in [-0.15, -0.1) is 11.3 Å². The number of benzene rings is 1. The Kier molecular flexibility index (Phi) is 4.98. The van der Waals surface area contributed by atoms with Crippen LogP contribution >= 0.6 is 43.2 Å². The smallest absolute Gasteiger partial charge is 0.275 e. The Bertz CT molecular complexity index is 581. The SMILES string of the molecule is NNC(=O)c1sccc1COc1c(Br)cccc1Br. The third-order valence-corrected chi connectivity index (χ3v) is 4.58. The minimum atomic E-state index is -0.306. The molecule has 19 heavy (non-hydrogen) atoms. The van der Waals surface area contributed by atoms with Gasteiger partial charge in [-0.05, 0) is 55.4 Å². The molecule has 1 aromatic heterocycles. The number of para-hydroxylation sites is 1. The van der Waals surface area contributed by atoms with E-state index in [2.05, 4.69) is 37.3 Å². The largest absolute Gasteiger partial charge is 0.486 e. The first-order valence-corrected chi connectivity index (χ1v) is 7.74. The van der Waals surface area contributed by atoms with Crippen LogP contribution in [0, 0.1) is 0 Å². The molecule has 0 saturated heterocycles. The van der Waals surface area contributed by atoms with Crippen molar-refractivity contribution in [1.82, 2.24) is 5.43 Å². The van der Waals surface area contributed by atoms with Gasteiger partial charge in [-0.3, -0.25) is 10.2 Å². The van der Waals surface area contributed by atoms with Crippen LogP contribution < -0.4 is 16.0 Å². The van der Waals surface area contributed by atoms with Crippen LogP contribution in [0.5, 0.6) is 5.75 Å². The lowest BCUT2D eigenvalue weighted by atomic mass is 10.2. The molecule has 0 saturated carbocycles. The predicted molar refractivity (Wildman–Crippen MR) is 82.1 cm³/mol. The average molecular weight is 406 g/mol. The van der Waals surface area contributed by atoms with Crippen molar-refractivity contribution >= 4 is 49.1 Å². The molecule has 4 nitrogen and oxygen atoms in total. The topological polar surface area (TPSA) is 64.3 Å². The van der Waals surface area contributed by atoms with E-state index in [4.69, 9.17) is 10.6 Å². The van der Waals surface area contributed by atoms with Gasteiger partial charge in [0, 0.05) is 5.56 Å². The maximum absolute atomic E-state index is 11.5. The summed E-state index contributed by atoms with van der Waals surface area (Å²) >= 11 is 8.17. The average Bonchev–Trinajstić information content (AvgIpc) is 2.85. The Morgan fingerprint density at radius 2 is 2.00 bits per heavy atom. The molecule has 0 aliphatic carbocycles. The van der Waals surface area contributed by atoms with Crippen molar-refractivity contribution in [3.63, 3.8) is 0 Å². The monoisotopic (exact) mass is 404 g/mol. The molecule has 2 aromatic rings. The van der Waals surface area contributed by atoms with Gasteiger partial charge in [-0.25, -0.2) is 5.84 Å². The molecule has 0 unspecified atom stereocenters. The van der Waals surface area contributed by atoms with E-state index in [1.807, 2.05) is 29.6 Å². The highest BCUT2D eigenvalue weighted by Crippen LogP contribution is 2.34. The maximum atomic E-state index is 11.5. The number of carbonyl (C=O) groups excluding carboxylic acids is 1. The van der Waals surface area contributed by atoms with Crippen LogP contribution in [0.25, 0.3) is 0 Å². The molecule has 100 valence electrons. The van der Waals surface area contributed by atoms with Gasteiger partial charge in [-0.2, -0.15) is 0 Å². The van der Waals surface area contributed by atoms with Crippen LogP contribution in [-0.2, 0) is 6.61 Å². The molecule has 0 spiro atoms. The summed E-state index contributed by atoms with van der Waals surface area (Å²) in [5.74, 6) is 5.53. The van der Waals surface area contributed by atoms with Crippen molar-refractivity contribution < 1.29 is 9.53 Å². The highest BCUT2D eigenvalue weighted by atomic mass is 79.9. The number of carbonyl (C=O) groups is 1. The van der Waals surface area contributed by atoms with Gasteiger partial charge >= 0.3 is 0 Å². The molecule has 0 fully saturated rings. The Balaban J connectivity index is 2.15. The molecule has 0 radical (unpaired) electrons. The molecule has 2 rings (SSSR count). The first-order chi connectivity index (χ1) is 9.13. The van der Waals surface area contributed by atoms with E-state index in [0.29, 0.717) is 17.2 Å². The molecule has 3 N–H and O–H groups in total. The number of hydrogen-bond acceptors (Lipinski definition) is 4. The van der Waals surface area contributed by atoms with Crippen molar-refractivity contribution in [2.24, 2.45) is 5.84 Å². The normalized spacial score (nSPS) is 10.3. The van der Waals surface area contributed by atoms with Crippen LogP contribution in [-0.4, -0.2) is 5.91 Å².